The number of halogens is 1. The van der Waals surface area contributed by atoms with Crippen molar-refractivity contribution in [2.24, 2.45) is 0 Å². The third-order valence-corrected chi connectivity index (χ3v) is 3.55. The molecule has 1 aliphatic heterocycles. The Morgan fingerprint density at radius 3 is 2.90 bits per heavy atom. The zero-order valence-corrected chi connectivity index (χ0v) is 12.4. The average Bonchev–Trinajstić information content (AvgIpc) is 2.48. The van der Waals surface area contributed by atoms with E-state index >= 15 is 0 Å². The van der Waals surface area contributed by atoms with Crippen LogP contribution in [-0.4, -0.2) is 28.2 Å². The van der Waals surface area contributed by atoms with Crippen molar-refractivity contribution in [2.75, 3.05) is 6.54 Å². The van der Waals surface area contributed by atoms with Crippen molar-refractivity contribution in [3.63, 3.8) is 0 Å². The molecule has 7 heteroatoms. The number of carbonyl (C=O) groups excluding carboxylic acids is 2. The van der Waals surface area contributed by atoms with E-state index in [1.165, 1.54) is 30.4 Å². The van der Waals surface area contributed by atoms with Crippen LogP contribution in [0.25, 0.3) is 6.08 Å². The zero-order chi connectivity index (χ0) is 15.4. The molecule has 2 amide bonds. The minimum absolute atomic E-state index is 0.0516. The van der Waals surface area contributed by atoms with Crippen molar-refractivity contribution in [1.29, 1.82) is 0 Å². The number of amides is 2. The van der Waals surface area contributed by atoms with E-state index in [-0.39, 0.29) is 11.6 Å². The highest BCUT2D eigenvalue weighted by Gasteiger charge is 2.24. The number of rotatable bonds is 3. The molecule has 0 fully saturated rings. The normalized spacial score (nSPS) is 15.2. The lowest BCUT2D eigenvalue weighted by molar-refractivity contribution is -0.384. The fourth-order valence-electron chi connectivity index (χ4n) is 1.85. The van der Waals surface area contributed by atoms with Gasteiger partial charge in [0.1, 0.15) is 0 Å². The molecular formula is C14H11BrN2O4. The van der Waals surface area contributed by atoms with Gasteiger partial charge in [0.05, 0.1) is 9.41 Å². The zero-order valence-electron chi connectivity index (χ0n) is 10.9. The number of imide groups is 1. The second-order valence-corrected chi connectivity index (χ2v) is 5.18. The molecule has 2 rings (SSSR count). The van der Waals surface area contributed by atoms with Crippen LogP contribution in [-0.2, 0) is 9.59 Å². The summed E-state index contributed by atoms with van der Waals surface area (Å²) in [6, 6.07) is 5.91. The van der Waals surface area contributed by atoms with Crippen LogP contribution < -0.4 is 0 Å². The number of carbonyl (C=O) groups is 2. The first-order chi connectivity index (χ1) is 9.99. The van der Waals surface area contributed by atoms with E-state index in [0.29, 0.717) is 23.0 Å². The second kappa shape index (κ2) is 6.45. The molecular weight excluding hydrogens is 340 g/mol. The van der Waals surface area contributed by atoms with Crippen molar-refractivity contribution >= 4 is 39.5 Å². The van der Waals surface area contributed by atoms with Gasteiger partial charge in [0.15, 0.2) is 0 Å². The summed E-state index contributed by atoms with van der Waals surface area (Å²) in [6.45, 7) is 0.325. The molecule has 1 aromatic rings. The first-order valence-corrected chi connectivity index (χ1v) is 6.92. The summed E-state index contributed by atoms with van der Waals surface area (Å²) in [6.07, 6.45) is 5.01. The largest absolute Gasteiger partial charge is 0.274 e. The van der Waals surface area contributed by atoms with Gasteiger partial charge >= 0.3 is 0 Å². The highest BCUT2D eigenvalue weighted by molar-refractivity contribution is 9.12. The maximum absolute atomic E-state index is 12.0. The van der Waals surface area contributed by atoms with Crippen LogP contribution >= 0.6 is 15.9 Å². The number of non-ortho nitro benzene ring substituents is 1. The molecule has 0 aromatic heterocycles. The highest BCUT2D eigenvalue weighted by atomic mass is 79.9. The Morgan fingerprint density at radius 2 is 2.19 bits per heavy atom. The predicted octanol–water partition coefficient (Wildman–Crippen LogP) is 2.65. The van der Waals surface area contributed by atoms with E-state index in [4.69, 9.17) is 0 Å². The number of hydrogen-bond donors (Lipinski definition) is 0. The van der Waals surface area contributed by atoms with Crippen molar-refractivity contribution in [2.45, 2.75) is 6.42 Å². The molecule has 21 heavy (non-hydrogen) atoms. The fourth-order valence-corrected chi connectivity index (χ4v) is 2.29. The van der Waals surface area contributed by atoms with Crippen LogP contribution in [0.2, 0.25) is 0 Å². The lowest BCUT2D eigenvalue weighted by Crippen LogP contribution is -2.38. The van der Waals surface area contributed by atoms with Gasteiger partial charge in [0, 0.05) is 24.8 Å². The summed E-state index contributed by atoms with van der Waals surface area (Å²) in [5, 5.41) is 10.7. The van der Waals surface area contributed by atoms with Gasteiger partial charge in [-0.05, 0) is 34.0 Å². The summed E-state index contributed by atoms with van der Waals surface area (Å²) in [4.78, 5) is 35.1. The fraction of sp³-hybridized carbons (Fsp3) is 0.143. The van der Waals surface area contributed by atoms with E-state index in [0.717, 1.165) is 4.90 Å². The summed E-state index contributed by atoms with van der Waals surface area (Å²) in [5.74, 6) is -0.827. The smallest absolute Gasteiger partial charge is 0.270 e. The maximum atomic E-state index is 12.0. The standard InChI is InChI=1S/C14H11BrN2O4/c15-12-5-2-8-16(14(12)19)13(18)7-6-10-3-1-4-11(9-10)17(20)21/h1,3-7,9H,2,8H2/b7-6+. The number of nitrogens with zero attached hydrogens (tertiary/aromatic N) is 2. The molecule has 6 nitrogen and oxygen atoms in total. The molecule has 0 aliphatic carbocycles. The van der Waals surface area contributed by atoms with E-state index in [2.05, 4.69) is 15.9 Å². The summed E-state index contributed by atoms with van der Waals surface area (Å²) < 4.78 is 0.367. The quantitative estimate of drug-likeness (QED) is 0.476. The number of benzene rings is 1. The maximum Gasteiger partial charge on any atom is 0.270 e. The molecule has 0 radical (unpaired) electrons. The highest BCUT2D eigenvalue weighted by Crippen LogP contribution is 2.18. The molecule has 0 N–H and O–H groups in total. The Hall–Kier alpha value is -2.28. The van der Waals surface area contributed by atoms with Gasteiger partial charge in [-0.25, -0.2) is 0 Å². The van der Waals surface area contributed by atoms with E-state index in [9.17, 15) is 19.7 Å². The monoisotopic (exact) mass is 350 g/mol. The van der Waals surface area contributed by atoms with Crippen molar-refractivity contribution in [3.05, 3.63) is 56.6 Å². The van der Waals surface area contributed by atoms with Crippen LogP contribution in [0.4, 0.5) is 5.69 Å². The van der Waals surface area contributed by atoms with Crippen LogP contribution in [0.15, 0.2) is 40.9 Å². The molecule has 0 saturated heterocycles. The van der Waals surface area contributed by atoms with Gasteiger partial charge < -0.3 is 0 Å². The lowest BCUT2D eigenvalue weighted by atomic mass is 10.2. The van der Waals surface area contributed by atoms with Crippen molar-refractivity contribution in [1.82, 2.24) is 4.90 Å². The topological polar surface area (TPSA) is 80.5 Å². The average molecular weight is 351 g/mol. The molecule has 1 heterocycles. The van der Waals surface area contributed by atoms with Gasteiger partial charge in [-0.2, -0.15) is 0 Å². The molecule has 0 saturated carbocycles. The van der Waals surface area contributed by atoms with Gasteiger partial charge in [0.25, 0.3) is 17.5 Å². The van der Waals surface area contributed by atoms with Crippen LogP contribution in [0, 0.1) is 10.1 Å². The van der Waals surface area contributed by atoms with Crippen molar-refractivity contribution < 1.29 is 14.5 Å². The number of nitro benzene ring substituents is 1. The molecule has 0 atom stereocenters. The molecule has 1 aromatic carbocycles. The van der Waals surface area contributed by atoms with E-state index in [1.807, 2.05) is 0 Å². The Kier molecular flexibility index (Phi) is 4.64. The van der Waals surface area contributed by atoms with Crippen LogP contribution in [0.1, 0.15) is 12.0 Å². The Morgan fingerprint density at radius 1 is 1.43 bits per heavy atom. The van der Waals surface area contributed by atoms with Gasteiger partial charge in [-0.15, -0.1) is 0 Å². The Labute approximate surface area is 129 Å². The Balaban J connectivity index is 2.12. The Bertz CT molecular complexity index is 667. The first kappa shape index (κ1) is 15.1. The molecule has 0 bridgehead atoms. The van der Waals surface area contributed by atoms with Crippen molar-refractivity contribution in [3.8, 4) is 0 Å². The molecule has 0 unspecified atom stereocenters. The molecule has 0 spiro atoms. The first-order valence-electron chi connectivity index (χ1n) is 6.13. The minimum Gasteiger partial charge on any atom is -0.274 e. The predicted molar refractivity (Wildman–Crippen MR) is 80.5 cm³/mol. The van der Waals surface area contributed by atoms with Gasteiger partial charge in [0.2, 0.25) is 0 Å². The van der Waals surface area contributed by atoms with Crippen LogP contribution in [0.5, 0.6) is 0 Å². The number of nitro groups is 1. The third-order valence-electron chi connectivity index (χ3n) is 2.89. The number of hydrogen-bond acceptors (Lipinski definition) is 4. The molecule has 108 valence electrons. The van der Waals surface area contributed by atoms with Gasteiger partial charge in [-0.1, -0.05) is 18.2 Å². The SMILES string of the molecule is O=C(/C=C/c1cccc([N+](=O)[O-])c1)N1CCC=C(Br)C1=O. The van der Waals surface area contributed by atoms with E-state index < -0.39 is 10.8 Å². The molecule has 1 aliphatic rings. The lowest BCUT2D eigenvalue weighted by Gasteiger charge is -2.21. The summed E-state index contributed by atoms with van der Waals surface area (Å²) in [7, 11) is 0. The minimum atomic E-state index is -0.505. The summed E-state index contributed by atoms with van der Waals surface area (Å²) in [5.41, 5.74) is 0.473. The van der Waals surface area contributed by atoms with Crippen LogP contribution in [0.3, 0.4) is 0 Å². The second-order valence-electron chi connectivity index (χ2n) is 4.32. The third kappa shape index (κ3) is 3.63. The van der Waals surface area contributed by atoms with Gasteiger partial charge in [-0.3, -0.25) is 24.6 Å². The summed E-state index contributed by atoms with van der Waals surface area (Å²) >= 11 is 3.10. The van der Waals surface area contributed by atoms with E-state index in [1.54, 1.807) is 12.1 Å².